The Labute approximate surface area is 114 Å². The summed E-state index contributed by atoms with van der Waals surface area (Å²) in [4.78, 5) is 13.7. The second kappa shape index (κ2) is 4.94. The lowest BCUT2D eigenvalue weighted by Crippen LogP contribution is -2.41. The fraction of sp³-hybridized carbons (Fsp3) is 0.533. The van der Waals surface area contributed by atoms with E-state index in [4.69, 9.17) is 5.73 Å². The van der Waals surface area contributed by atoms with Gasteiger partial charge in [0.05, 0.1) is 6.42 Å². The molecule has 0 aromatic heterocycles. The average molecular weight is 259 g/mol. The van der Waals surface area contributed by atoms with Crippen molar-refractivity contribution in [2.45, 2.75) is 31.8 Å². The van der Waals surface area contributed by atoms with Gasteiger partial charge in [-0.15, -0.1) is 0 Å². The number of anilines is 1. The van der Waals surface area contributed by atoms with Gasteiger partial charge in [-0.25, -0.2) is 0 Å². The van der Waals surface area contributed by atoms with E-state index in [2.05, 4.69) is 29.4 Å². The van der Waals surface area contributed by atoms with Crippen LogP contribution in [0.5, 0.6) is 0 Å². The molecule has 3 rings (SSSR count). The molecule has 4 nitrogen and oxygen atoms in total. The van der Waals surface area contributed by atoms with Crippen LogP contribution in [0.4, 0.5) is 5.69 Å². The first kappa shape index (κ1) is 12.6. The van der Waals surface area contributed by atoms with Gasteiger partial charge in [0.25, 0.3) is 0 Å². The molecule has 0 radical (unpaired) electrons. The number of nitrogens with zero attached hydrogens (tertiary/aromatic N) is 1. The molecule has 102 valence electrons. The number of hydrogen-bond acceptors (Lipinski definition) is 3. The molecule has 1 fully saturated rings. The van der Waals surface area contributed by atoms with Crippen molar-refractivity contribution in [3.05, 3.63) is 29.3 Å². The smallest absolute Gasteiger partial charge is 0.228 e. The summed E-state index contributed by atoms with van der Waals surface area (Å²) in [6, 6.07) is 6.70. The van der Waals surface area contributed by atoms with Crippen LogP contribution in [0.25, 0.3) is 0 Å². The lowest BCUT2D eigenvalue weighted by atomic mass is 9.80. The van der Waals surface area contributed by atoms with Crippen LogP contribution in [-0.2, 0) is 17.8 Å². The van der Waals surface area contributed by atoms with Crippen LogP contribution in [0, 0.1) is 5.92 Å². The maximum Gasteiger partial charge on any atom is 0.228 e. The van der Waals surface area contributed by atoms with Crippen LogP contribution >= 0.6 is 0 Å². The van der Waals surface area contributed by atoms with E-state index >= 15 is 0 Å². The molecule has 0 atom stereocenters. The van der Waals surface area contributed by atoms with Gasteiger partial charge in [0.2, 0.25) is 5.91 Å². The summed E-state index contributed by atoms with van der Waals surface area (Å²) in [5.74, 6) is 0.863. The second-order valence-electron chi connectivity index (χ2n) is 6.01. The van der Waals surface area contributed by atoms with Crippen molar-refractivity contribution in [2.75, 3.05) is 18.9 Å². The number of fused-ring (bicyclic) bond motifs is 1. The normalized spacial score (nSPS) is 25.1. The number of carbonyl (C=O) groups excluding carboxylic acids is 1. The van der Waals surface area contributed by atoms with Gasteiger partial charge in [-0.05, 0) is 43.0 Å². The van der Waals surface area contributed by atoms with E-state index in [1.807, 2.05) is 6.07 Å². The predicted octanol–water partition coefficient (Wildman–Crippen LogP) is 1.35. The predicted molar refractivity (Wildman–Crippen MR) is 75.8 cm³/mol. The van der Waals surface area contributed by atoms with Crippen molar-refractivity contribution in [3.63, 3.8) is 0 Å². The van der Waals surface area contributed by atoms with Crippen molar-refractivity contribution >= 4 is 11.6 Å². The zero-order valence-corrected chi connectivity index (χ0v) is 11.4. The van der Waals surface area contributed by atoms with E-state index < -0.39 is 0 Å². The first-order valence-electron chi connectivity index (χ1n) is 6.96. The Morgan fingerprint density at radius 2 is 2.21 bits per heavy atom. The number of amides is 1. The highest BCUT2D eigenvalue weighted by atomic mass is 16.1. The van der Waals surface area contributed by atoms with Gasteiger partial charge < -0.3 is 16.0 Å². The zero-order chi connectivity index (χ0) is 13.4. The highest BCUT2D eigenvalue weighted by molar-refractivity contribution is 5.99. The van der Waals surface area contributed by atoms with Crippen LogP contribution in [-0.4, -0.2) is 30.4 Å². The Kier molecular flexibility index (Phi) is 3.29. The number of hydrogen-bond donors (Lipinski definition) is 2. The molecule has 0 unspecified atom stereocenters. The maximum atomic E-state index is 11.3. The lowest BCUT2D eigenvalue weighted by molar-refractivity contribution is -0.115. The van der Waals surface area contributed by atoms with E-state index in [0.717, 1.165) is 43.1 Å². The summed E-state index contributed by atoms with van der Waals surface area (Å²) in [6.45, 7) is 2.05. The molecule has 1 aliphatic carbocycles. The molecule has 0 spiro atoms. The van der Waals surface area contributed by atoms with E-state index in [1.165, 1.54) is 5.56 Å². The minimum Gasteiger partial charge on any atom is -0.328 e. The second-order valence-corrected chi connectivity index (χ2v) is 6.01. The fourth-order valence-corrected chi connectivity index (χ4v) is 3.13. The molecule has 1 amide bonds. The molecular weight excluding hydrogens is 238 g/mol. The van der Waals surface area contributed by atoms with Gasteiger partial charge >= 0.3 is 0 Å². The van der Waals surface area contributed by atoms with Gasteiger partial charge in [-0.2, -0.15) is 0 Å². The Morgan fingerprint density at radius 1 is 1.42 bits per heavy atom. The Balaban J connectivity index is 1.58. The first-order valence-corrected chi connectivity index (χ1v) is 6.96. The molecule has 4 heteroatoms. The lowest BCUT2D eigenvalue weighted by Gasteiger charge is -2.35. The molecule has 0 bridgehead atoms. The SMILES string of the molecule is CN(Cc1ccc2c(c1)CC(=O)N2)CC1CC(N)C1. The number of benzene rings is 1. The third-order valence-corrected chi connectivity index (χ3v) is 4.09. The Bertz CT molecular complexity index is 494. The van der Waals surface area contributed by atoms with E-state index in [0.29, 0.717) is 12.5 Å². The molecule has 2 aliphatic rings. The van der Waals surface area contributed by atoms with Crippen LogP contribution in [0.1, 0.15) is 24.0 Å². The quantitative estimate of drug-likeness (QED) is 0.858. The summed E-state index contributed by atoms with van der Waals surface area (Å²) in [5.41, 5.74) is 9.19. The molecular formula is C15H21N3O. The van der Waals surface area contributed by atoms with Crippen LogP contribution in [0.3, 0.4) is 0 Å². The van der Waals surface area contributed by atoms with Crippen molar-refractivity contribution < 1.29 is 4.79 Å². The van der Waals surface area contributed by atoms with Gasteiger partial charge in [-0.1, -0.05) is 12.1 Å². The van der Waals surface area contributed by atoms with Crippen LogP contribution in [0.2, 0.25) is 0 Å². The number of carbonyl (C=O) groups is 1. The molecule has 1 heterocycles. The largest absolute Gasteiger partial charge is 0.328 e. The molecule has 1 aliphatic heterocycles. The maximum absolute atomic E-state index is 11.3. The Morgan fingerprint density at radius 3 is 2.95 bits per heavy atom. The molecule has 3 N–H and O–H groups in total. The zero-order valence-electron chi connectivity index (χ0n) is 11.4. The van der Waals surface area contributed by atoms with Crippen LogP contribution < -0.4 is 11.1 Å². The highest BCUT2D eigenvalue weighted by Crippen LogP contribution is 2.27. The third kappa shape index (κ3) is 2.80. The van der Waals surface area contributed by atoms with E-state index in [9.17, 15) is 4.79 Å². The van der Waals surface area contributed by atoms with Gasteiger partial charge in [-0.3, -0.25) is 4.79 Å². The average Bonchev–Trinajstić information content (AvgIpc) is 2.66. The van der Waals surface area contributed by atoms with Crippen molar-refractivity contribution in [1.29, 1.82) is 0 Å². The fourth-order valence-electron chi connectivity index (χ4n) is 3.13. The van der Waals surface area contributed by atoms with Crippen molar-refractivity contribution in [1.82, 2.24) is 4.90 Å². The molecule has 1 saturated carbocycles. The van der Waals surface area contributed by atoms with Gasteiger partial charge in [0.1, 0.15) is 0 Å². The number of nitrogens with one attached hydrogen (secondary N) is 1. The number of rotatable bonds is 4. The topological polar surface area (TPSA) is 58.4 Å². The van der Waals surface area contributed by atoms with Gasteiger partial charge in [0.15, 0.2) is 0 Å². The third-order valence-electron chi connectivity index (χ3n) is 4.09. The number of nitrogens with two attached hydrogens (primary N) is 1. The summed E-state index contributed by atoms with van der Waals surface area (Å²) in [7, 11) is 2.15. The van der Waals surface area contributed by atoms with Crippen LogP contribution in [0.15, 0.2) is 18.2 Å². The minimum atomic E-state index is 0.101. The summed E-state index contributed by atoms with van der Waals surface area (Å²) < 4.78 is 0. The standard InChI is InChI=1S/C15H21N3O/c1-18(9-11-5-13(16)6-11)8-10-2-3-14-12(4-10)7-15(19)17-14/h2-4,11,13H,5-9,16H2,1H3,(H,17,19). The van der Waals surface area contributed by atoms with E-state index in [1.54, 1.807) is 0 Å². The van der Waals surface area contributed by atoms with Crippen molar-refractivity contribution in [2.24, 2.45) is 11.7 Å². The molecule has 1 aromatic rings. The highest BCUT2D eigenvalue weighted by Gasteiger charge is 2.26. The van der Waals surface area contributed by atoms with Gasteiger partial charge in [0, 0.05) is 24.8 Å². The Hall–Kier alpha value is -1.39. The first-order chi connectivity index (χ1) is 9.10. The molecule has 0 saturated heterocycles. The van der Waals surface area contributed by atoms with E-state index in [-0.39, 0.29) is 5.91 Å². The molecule has 1 aromatic carbocycles. The summed E-state index contributed by atoms with van der Waals surface area (Å²) >= 11 is 0. The van der Waals surface area contributed by atoms with Crippen molar-refractivity contribution in [3.8, 4) is 0 Å². The monoisotopic (exact) mass is 259 g/mol. The summed E-state index contributed by atoms with van der Waals surface area (Å²) in [5, 5.41) is 2.87. The molecule has 19 heavy (non-hydrogen) atoms. The minimum absolute atomic E-state index is 0.101. The summed E-state index contributed by atoms with van der Waals surface area (Å²) in [6.07, 6.45) is 2.84.